The Bertz CT molecular complexity index is 1220. The van der Waals surface area contributed by atoms with Crippen molar-refractivity contribution in [1.29, 1.82) is 0 Å². The van der Waals surface area contributed by atoms with Gasteiger partial charge in [0.25, 0.3) is 0 Å². The van der Waals surface area contributed by atoms with E-state index in [2.05, 4.69) is 0 Å². The van der Waals surface area contributed by atoms with Gasteiger partial charge in [0.2, 0.25) is 12.0 Å². The van der Waals surface area contributed by atoms with Gasteiger partial charge in [-0.05, 0) is 0 Å². The third-order valence-corrected chi connectivity index (χ3v) is 5.02. The van der Waals surface area contributed by atoms with Gasteiger partial charge in [-0.1, -0.05) is 30.3 Å². The van der Waals surface area contributed by atoms with E-state index in [1.54, 1.807) is 30.3 Å². The quantitative estimate of drug-likeness (QED) is 0.303. The van der Waals surface area contributed by atoms with Crippen LogP contribution in [0, 0.1) is 0 Å². The topological polar surface area (TPSA) is 190 Å². The van der Waals surface area contributed by atoms with Crippen molar-refractivity contribution < 1.29 is 49.3 Å². The fourth-order valence-electron chi connectivity index (χ4n) is 3.38. The fourth-order valence-corrected chi connectivity index (χ4v) is 3.38. The number of phenols is 2. The summed E-state index contributed by atoms with van der Waals surface area (Å²) in [7, 11) is 0. The molecule has 0 bridgehead atoms. The van der Waals surface area contributed by atoms with Gasteiger partial charge in [0.05, 0.1) is 5.97 Å². The second kappa shape index (κ2) is 8.13. The number of ether oxygens (including phenoxy) is 2. The third-order valence-electron chi connectivity index (χ3n) is 5.02. The number of phenolic OH excluding ortho intramolecular Hbond substituents is 2. The number of carboxylic acid groups (broad SMARTS) is 1. The molecule has 0 unspecified atom stereocenters. The molecule has 1 aromatic heterocycles. The molecule has 11 nitrogen and oxygen atoms in total. The largest absolute Gasteiger partial charge is 0.547 e. The lowest BCUT2D eigenvalue weighted by Gasteiger charge is -2.40. The van der Waals surface area contributed by atoms with Gasteiger partial charge in [0.1, 0.15) is 41.3 Å². The average Bonchev–Trinajstić information content (AvgIpc) is 2.77. The molecule has 2 heterocycles. The van der Waals surface area contributed by atoms with E-state index in [-0.39, 0.29) is 11.1 Å². The van der Waals surface area contributed by atoms with Crippen LogP contribution in [0.2, 0.25) is 0 Å². The Labute approximate surface area is 178 Å². The molecule has 3 aromatic rings. The molecule has 11 heteroatoms. The van der Waals surface area contributed by atoms with Crippen LogP contribution in [0.5, 0.6) is 17.2 Å². The summed E-state index contributed by atoms with van der Waals surface area (Å²) < 4.78 is 15.8. The highest BCUT2D eigenvalue weighted by atomic mass is 16.7. The van der Waals surface area contributed by atoms with Gasteiger partial charge in [-0.3, -0.25) is 4.79 Å². The summed E-state index contributed by atoms with van der Waals surface area (Å²) in [6.07, 6.45) is -9.84. The van der Waals surface area contributed by atoms with Crippen LogP contribution in [0.3, 0.4) is 0 Å². The summed E-state index contributed by atoms with van der Waals surface area (Å²) in [5, 5.41) is 61.4. The molecule has 0 aliphatic carbocycles. The number of aliphatic hydroxyl groups excluding tert-OH is 3. The van der Waals surface area contributed by atoms with E-state index >= 15 is 0 Å². The number of aliphatic carboxylic acids is 1. The number of benzene rings is 2. The molecule has 5 atom stereocenters. The zero-order chi connectivity index (χ0) is 23.2. The maximum atomic E-state index is 12.5. The molecule has 5 N–H and O–H groups in total. The molecule has 1 fully saturated rings. The Hall–Kier alpha value is -3.64. The van der Waals surface area contributed by atoms with E-state index in [0.717, 1.165) is 12.1 Å². The van der Waals surface area contributed by atoms with Crippen molar-refractivity contribution in [3.8, 4) is 28.6 Å². The first kappa shape index (κ1) is 21.6. The normalized spacial score (nSPS) is 25.5. The Morgan fingerprint density at radius 2 is 1.69 bits per heavy atom. The molecule has 1 saturated heterocycles. The highest BCUT2D eigenvalue weighted by Crippen LogP contribution is 2.41. The molecular formula is C21H17O11-. The highest BCUT2D eigenvalue weighted by Gasteiger charge is 2.46. The summed E-state index contributed by atoms with van der Waals surface area (Å²) in [5.41, 5.74) is -0.584. The summed E-state index contributed by atoms with van der Waals surface area (Å²) in [6, 6.07) is 10.4. The van der Waals surface area contributed by atoms with Gasteiger partial charge in [-0.2, -0.15) is 0 Å². The van der Waals surface area contributed by atoms with Crippen LogP contribution in [0.4, 0.5) is 0 Å². The van der Waals surface area contributed by atoms with E-state index < -0.39 is 64.9 Å². The number of fused-ring (bicyclic) bond motifs is 1. The summed E-state index contributed by atoms with van der Waals surface area (Å²) >= 11 is 0. The predicted octanol–water partition coefficient (Wildman–Crippen LogP) is -1.19. The molecule has 1 aliphatic heterocycles. The smallest absolute Gasteiger partial charge is 0.229 e. The van der Waals surface area contributed by atoms with Gasteiger partial charge in [0, 0.05) is 17.7 Å². The van der Waals surface area contributed by atoms with Crippen molar-refractivity contribution in [3.05, 3.63) is 52.7 Å². The molecule has 168 valence electrons. The third kappa shape index (κ3) is 3.63. The van der Waals surface area contributed by atoms with Crippen LogP contribution >= 0.6 is 0 Å². The molecular weight excluding hydrogens is 428 g/mol. The van der Waals surface area contributed by atoms with E-state index in [4.69, 9.17) is 13.9 Å². The fraction of sp³-hybridized carbons (Fsp3) is 0.238. The Balaban J connectivity index is 1.77. The number of aromatic hydroxyl groups is 2. The minimum Gasteiger partial charge on any atom is -0.547 e. The maximum Gasteiger partial charge on any atom is 0.229 e. The molecule has 32 heavy (non-hydrogen) atoms. The lowest BCUT2D eigenvalue weighted by Crippen LogP contribution is -2.63. The number of hydrogen-bond donors (Lipinski definition) is 5. The Kier molecular flexibility index (Phi) is 5.48. The van der Waals surface area contributed by atoms with E-state index in [9.17, 15) is 40.2 Å². The van der Waals surface area contributed by atoms with Crippen molar-refractivity contribution in [3.63, 3.8) is 0 Å². The van der Waals surface area contributed by atoms with Gasteiger partial charge >= 0.3 is 0 Å². The second-order valence-corrected chi connectivity index (χ2v) is 7.12. The number of carbonyl (C=O) groups excluding carboxylic acids is 1. The van der Waals surface area contributed by atoms with Crippen LogP contribution in [0.25, 0.3) is 22.3 Å². The standard InChI is InChI=1S/C21H18O11/c22-9-6-11(8-4-2-1-3-5-8)30-18-13(9)10(23)7-12(14(18)24)31-21-17(27)15(25)16(26)19(32-21)20(28)29/h1-7,15-17,19,21,23-27H,(H,28,29)/p-1/t15-,16+,17+,19-,21+/m1/s1. The van der Waals surface area contributed by atoms with Crippen molar-refractivity contribution in [2.24, 2.45) is 0 Å². The first-order chi connectivity index (χ1) is 15.2. The summed E-state index contributed by atoms with van der Waals surface area (Å²) in [4.78, 5) is 23.7. The molecule has 0 amide bonds. The van der Waals surface area contributed by atoms with Crippen LogP contribution in [-0.2, 0) is 9.53 Å². The van der Waals surface area contributed by atoms with E-state index in [1.807, 2.05) is 0 Å². The molecule has 0 saturated carbocycles. The van der Waals surface area contributed by atoms with Gasteiger partial charge in [-0.25, -0.2) is 0 Å². The number of carboxylic acids is 1. The average molecular weight is 445 g/mol. The second-order valence-electron chi connectivity index (χ2n) is 7.12. The first-order valence-corrected chi connectivity index (χ1v) is 9.34. The molecule has 2 aromatic carbocycles. The SMILES string of the molecule is O=C([O-])[C@@H]1O[C@H](Oc2cc(O)c3c(=O)cc(-c4ccccc4)oc3c2O)[C@@H](O)[C@H](O)[C@@H]1O. The Morgan fingerprint density at radius 3 is 2.34 bits per heavy atom. The van der Waals surface area contributed by atoms with Gasteiger partial charge < -0.3 is 49.3 Å². The zero-order valence-electron chi connectivity index (χ0n) is 16.1. The highest BCUT2D eigenvalue weighted by molar-refractivity contribution is 5.91. The first-order valence-electron chi connectivity index (χ1n) is 9.34. The number of carbonyl (C=O) groups is 1. The molecule has 0 spiro atoms. The monoisotopic (exact) mass is 445 g/mol. The van der Waals surface area contributed by atoms with Crippen molar-refractivity contribution in [2.75, 3.05) is 0 Å². The number of hydrogen-bond acceptors (Lipinski definition) is 11. The molecule has 0 radical (unpaired) electrons. The van der Waals surface area contributed by atoms with E-state index in [1.165, 1.54) is 0 Å². The van der Waals surface area contributed by atoms with Gasteiger partial charge in [0.15, 0.2) is 16.8 Å². The summed E-state index contributed by atoms with van der Waals surface area (Å²) in [6.45, 7) is 0. The van der Waals surface area contributed by atoms with Crippen molar-refractivity contribution in [2.45, 2.75) is 30.7 Å². The lowest BCUT2D eigenvalue weighted by atomic mass is 9.99. The van der Waals surface area contributed by atoms with Crippen LogP contribution in [0.15, 0.2) is 51.7 Å². The minimum atomic E-state index is -2.04. The Morgan fingerprint density at radius 1 is 1.00 bits per heavy atom. The van der Waals surface area contributed by atoms with Crippen LogP contribution in [0.1, 0.15) is 0 Å². The van der Waals surface area contributed by atoms with Crippen molar-refractivity contribution in [1.82, 2.24) is 0 Å². The van der Waals surface area contributed by atoms with Crippen LogP contribution < -0.4 is 15.3 Å². The lowest BCUT2D eigenvalue weighted by molar-refractivity contribution is -0.342. The minimum absolute atomic E-state index is 0.0828. The van der Waals surface area contributed by atoms with Crippen LogP contribution in [-0.4, -0.2) is 62.2 Å². The number of aliphatic hydroxyl groups is 3. The molecule has 4 rings (SSSR count). The zero-order valence-corrected chi connectivity index (χ0v) is 16.1. The molecule has 1 aliphatic rings. The van der Waals surface area contributed by atoms with Gasteiger partial charge in [-0.15, -0.1) is 0 Å². The van der Waals surface area contributed by atoms with Crippen molar-refractivity contribution >= 4 is 16.9 Å². The number of rotatable bonds is 4. The summed E-state index contributed by atoms with van der Waals surface area (Å²) in [5.74, 6) is -3.73. The predicted molar refractivity (Wildman–Crippen MR) is 104 cm³/mol. The maximum absolute atomic E-state index is 12.5. The van der Waals surface area contributed by atoms with E-state index in [0.29, 0.717) is 5.56 Å².